The Labute approximate surface area is 109 Å². The molecule has 0 radical (unpaired) electrons. The largest absolute Gasteiger partial charge is 0.392 e. The maximum absolute atomic E-state index is 10.0. The van der Waals surface area contributed by atoms with Crippen LogP contribution in [0.3, 0.4) is 0 Å². The van der Waals surface area contributed by atoms with Crippen LogP contribution >= 0.6 is 0 Å². The molecule has 104 valence electrons. The van der Waals surface area contributed by atoms with Gasteiger partial charge in [0.15, 0.2) is 0 Å². The number of aliphatic hydroxyl groups excluding tert-OH is 1. The third-order valence-electron chi connectivity index (χ3n) is 5.00. The van der Waals surface area contributed by atoms with Gasteiger partial charge in [0.1, 0.15) is 0 Å². The summed E-state index contributed by atoms with van der Waals surface area (Å²) in [5, 5.41) is 10.0. The van der Waals surface area contributed by atoms with Gasteiger partial charge in [-0.25, -0.2) is 0 Å². The van der Waals surface area contributed by atoms with Gasteiger partial charge >= 0.3 is 0 Å². The van der Waals surface area contributed by atoms with Crippen LogP contribution in [0.2, 0.25) is 0 Å². The second-order valence-electron chi connectivity index (χ2n) is 6.31. The summed E-state index contributed by atoms with van der Waals surface area (Å²) in [6, 6.07) is 0.572. The first-order valence-corrected chi connectivity index (χ1v) is 7.32. The fourth-order valence-electron chi connectivity index (χ4n) is 3.58. The van der Waals surface area contributed by atoms with E-state index in [4.69, 9.17) is 9.47 Å². The number of nitrogens with zero attached hydrogens (tertiary/aromatic N) is 1. The number of rotatable bonds is 1. The van der Waals surface area contributed by atoms with Gasteiger partial charge < -0.3 is 14.6 Å². The Hall–Kier alpha value is -0.160. The standard InChI is InChI=1S/C14H25NO3/c1-11-2-5-15(9-13(11)16)12-3-6-18-14(8-12)4-7-17-10-14/h11-13,16H,2-10H2,1H3. The number of aliphatic hydroxyl groups is 1. The molecular formula is C14H25NO3. The predicted molar refractivity (Wildman–Crippen MR) is 68.5 cm³/mol. The highest BCUT2D eigenvalue weighted by Crippen LogP contribution is 2.35. The maximum atomic E-state index is 10.0. The number of piperidine rings is 1. The van der Waals surface area contributed by atoms with Crippen molar-refractivity contribution >= 4 is 0 Å². The van der Waals surface area contributed by atoms with Gasteiger partial charge in [-0.2, -0.15) is 0 Å². The van der Waals surface area contributed by atoms with Gasteiger partial charge in [0.05, 0.1) is 18.3 Å². The molecule has 1 N–H and O–H groups in total. The Morgan fingerprint density at radius 3 is 2.89 bits per heavy atom. The topological polar surface area (TPSA) is 41.9 Å². The minimum Gasteiger partial charge on any atom is -0.392 e. The SMILES string of the molecule is CC1CCN(C2CCOC3(CCOC3)C2)CC1O. The van der Waals surface area contributed by atoms with Crippen molar-refractivity contribution in [1.29, 1.82) is 0 Å². The molecule has 0 aromatic rings. The van der Waals surface area contributed by atoms with Gasteiger partial charge in [-0.05, 0) is 31.7 Å². The van der Waals surface area contributed by atoms with Crippen LogP contribution in [0.5, 0.6) is 0 Å². The van der Waals surface area contributed by atoms with Crippen LogP contribution in [0.25, 0.3) is 0 Å². The van der Waals surface area contributed by atoms with E-state index < -0.39 is 0 Å². The zero-order chi connectivity index (χ0) is 12.6. The molecule has 0 saturated carbocycles. The molecule has 4 atom stereocenters. The van der Waals surface area contributed by atoms with E-state index in [2.05, 4.69) is 11.8 Å². The molecule has 18 heavy (non-hydrogen) atoms. The normalized spacial score (nSPS) is 46.7. The third kappa shape index (κ3) is 2.44. The Morgan fingerprint density at radius 1 is 1.28 bits per heavy atom. The van der Waals surface area contributed by atoms with E-state index in [0.717, 1.165) is 58.6 Å². The van der Waals surface area contributed by atoms with Crippen LogP contribution in [0.4, 0.5) is 0 Å². The van der Waals surface area contributed by atoms with Crippen molar-refractivity contribution in [1.82, 2.24) is 4.90 Å². The molecule has 4 nitrogen and oxygen atoms in total. The molecule has 3 fully saturated rings. The van der Waals surface area contributed by atoms with Gasteiger partial charge in [0, 0.05) is 32.2 Å². The van der Waals surface area contributed by atoms with E-state index in [0.29, 0.717) is 12.0 Å². The molecular weight excluding hydrogens is 230 g/mol. The molecule has 0 bridgehead atoms. The Morgan fingerprint density at radius 2 is 2.17 bits per heavy atom. The van der Waals surface area contributed by atoms with Gasteiger partial charge in [0.25, 0.3) is 0 Å². The average Bonchev–Trinajstić information content (AvgIpc) is 2.81. The minimum atomic E-state index is -0.155. The molecule has 3 aliphatic rings. The quantitative estimate of drug-likeness (QED) is 0.760. The van der Waals surface area contributed by atoms with Crippen LogP contribution in [-0.2, 0) is 9.47 Å². The van der Waals surface area contributed by atoms with Crippen LogP contribution in [0.1, 0.15) is 32.6 Å². The lowest BCUT2D eigenvalue weighted by Gasteiger charge is -2.45. The summed E-state index contributed by atoms with van der Waals surface area (Å²) < 4.78 is 11.5. The molecule has 3 aliphatic heterocycles. The van der Waals surface area contributed by atoms with E-state index in [1.165, 1.54) is 0 Å². The Balaban J connectivity index is 1.62. The van der Waals surface area contributed by atoms with Crippen LogP contribution in [0, 0.1) is 5.92 Å². The summed E-state index contributed by atoms with van der Waals surface area (Å²) in [7, 11) is 0. The summed E-state index contributed by atoms with van der Waals surface area (Å²) >= 11 is 0. The summed E-state index contributed by atoms with van der Waals surface area (Å²) in [6.07, 6.45) is 4.17. The van der Waals surface area contributed by atoms with Gasteiger partial charge in [0.2, 0.25) is 0 Å². The number of β-amino-alcohol motifs (C(OH)–C–C–N with tert-alkyl or cyclic N) is 1. The second-order valence-corrected chi connectivity index (χ2v) is 6.31. The lowest BCUT2D eigenvalue weighted by Crippen LogP contribution is -2.53. The lowest BCUT2D eigenvalue weighted by molar-refractivity contribution is -0.115. The van der Waals surface area contributed by atoms with Gasteiger partial charge in [-0.15, -0.1) is 0 Å². The first-order chi connectivity index (χ1) is 8.69. The van der Waals surface area contributed by atoms with E-state index in [-0.39, 0.29) is 11.7 Å². The van der Waals surface area contributed by atoms with E-state index in [9.17, 15) is 5.11 Å². The van der Waals surface area contributed by atoms with E-state index in [1.54, 1.807) is 0 Å². The molecule has 0 aromatic carbocycles. The monoisotopic (exact) mass is 255 g/mol. The summed E-state index contributed by atoms with van der Waals surface area (Å²) in [6.45, 7) is 6.56. The third-order valence-corrected chi connectivity index (χ3v) is 5.00. The first-order valence-electron chi connectivity index (χ1n) is 7.32. The van der Waals surface area contributed by atoms with Crippen molar-refractivity contribution in [2.45, 2.75) is 50.4 Å². The van der Waals surface area contributed by atoms with Crippen LogP contribution in [0.15, 0.2) is 0 Å². The fourth-order valence-corrected chi connectivity index (χ4v) is 3.58. The molecule has 3 saturated heterocycles. The highest BCUT2D eigenvalue weighted by Gasteiger charge is 2.43. The van der Waals surface area contributed by atoms with Crippen molar-refractivity contribution < 1.29 is 14.6 Å². The lowest BCUT2D eigenvalue weighted by atomic mass is 9.86. The van der Waals surface area contributed by atoms with Crippen molar-refractivity contribution in [2.75, 3.05) is 32.9 Å². The van der Waals surface area contributed by atoms with Crippen molar-refractivity contribution in [3.8, 4) is 0 Å². The molecule has 0 amide bonds. The van der Waals surface area contributed by atoms with Crippen LogP contribution < -0.4 is 0 Å². The Kier molecular flexibility index (Phi) is 3.63. The van der Waals surface area contributed by atoms with Gasteiger partial charge in [-0.1, -0.05) is 6.92 Å². The number of hydrogen-bond donors (Lipinski definition) is 1. The van der Waals surface area contributed by atoms with Crippen LogP contribution in [-0.4, -0.2) is 60.7 Å². The van der Waals surface area contributed by atoms with Crippen molar-refractivity contribution in [3.05, 3.63) is 0 Å². The molecule has 4 unspecified atom stereocenters. The summed E-state index contributed by atoms with van der Waals surface area (Å²) in [5.41, 5.74) is -0.0169. The number of ether oxygens (including phenoxy) is 2. The molecule has 0 aromatic heterocycles. The zero-order valence-electron chi connectivity index (χ0n) is 11.3. The number of likely N-dealkylation sites (tertiary alicyclic amines) is 1. The first kappa shape index (κ1) is 12.9. The van der Waals surface area contributed by atoms with Crippen molar-refractivity contribution in [3.63, 3.8) is 0 Å². The zero-order valence-corrected chi connectivity index (χ0v) is 11.3. The summed E-state index contributed by atoms with van der Waals surface area (Å²) in [5.74, 6) is 0.449. The average molecular weight is 255 g/mol. The van der Waals surface area contributed by atoms with Gasteiger partial charge in [-0.3, -0.25) is 4.90 Å². The highest BCUT2D eigenvalue weighted by atomic mass is 16.6. The predicted octanol–water partition coefficient (Wildman–Crippen LogP) is 1.03. The molecule has 1 spiro atoms. The smallest absolute Gasteiger partial charge is 0.0951 e. The minimum absolute atomic E-state index is 0.0169. The van der Waals surface area contributed by atoms with E-state index in [1.807, 2.05) is 0 Å². The molecule has 0 aliphatic carbocycles. The second kappa shape index (κ2) is 5.08. The number of hydrogen-bond acceptors (Lipinski definition) is 4. The molecule has 3 heterocycles. The summed E-state index contributed by atoms with van der Waals surface area (Å²) in [4.78, 5) is 2.48. The fraction of sp³-hybridized carbons (Fsp3) is 1.00. The Bertz CT molecular complexity index is 291. The highest BCUT2D eigenvalue weighted by molar-refractivity contribution is 4.95. The van der Waals surface area contributed by atoms with E-state index >= 15 is 0 Å². The molecule has 4 heteroatoms. The maximum Gasteiger partial charge on any atom is 0.0951 e. The van der Waals surface area contributed by atoms with Crippen molar-refractivity contribution in [2.24, 2.45) is 5.92 Å². The molecule has 3 rings (SSSR count).